The molecule has 63 heavy (non-hydrogen) atoms. The van der Waals surface area contributed by atoms with Crippen LogP contribution in [0.5, 0.6) is 17.2 Å². The number of halogens is 1. The number of non-ortho nitro benzene ring substituents is 1. The number of carbonyl (C=O) groups is 1. The molecule has 2 aliphatic carbocycles. The van der Waals surface area contributed by atoms with Crippen LogP contribution >= 0.6 is 0 Å². The second kappa shape index (κ2) is 21.2. The zero-order valence-corrected chi connectivity index (χ0v) is 36.5. The minimum atomic E-state index is -1.58. The first-order valence-electron chi connectivity index (χ1n) is 21.8. The molecule has 0 radical (unpaired) electrons. The van der Waals surface area contributed by atoms with Gasteiger partial charge in [0, 0.05) is 43.7 Å². The van der Waals surface area contributed by atoms with Crippen LogP contribution in [0.3, 0.4) is 0 Å². The lowest BCUT2D eigenvalue weighted by atomic mass is 9.55. The van der Waals surface area contributed by atoms with Crippen molar-refractivity contribution >= 4 is 17.5 Å². The van der Waals surface area contributed by atoms with Gasteiger partial charge in [0.05, 0.1) is 35.8 Å². The van der Waals surface area contributed by atoms with Gasteiger partial charge in [-0.05, 0) is 112 Å². The molecule has 1 aliphatic heterocycles. The molecular formula is C49H60FN3O10. The summed E-state index contributed by atoms with van der Waals surface area (Å²) in [4.78, 5) is 33.6. The Kier molecular flexibility index (Phi) is 15.8. The van der Waals surface area contributed by atoms with E-state index in [1.165, 1.54) is 24.3 Å². The van der Waals surface area contributed by atoms with Crippen LogP contribution < -0.4 is 9.47 Å². The Bertz CT molecular complexity index is 2140. The van der Waals surface area contributed by atoms with Crippen molar-refractivity contribution in [3.05, 3.63) is 131 Å². The molecule has 3 aromatic carbocycles. The van der Waals surface area contributed by atoms with Crippen molar-refractivity contribution in [3.63, 3.8) is 0 Å². The topological polar surface area (TPSA) is 162 Å². The van der Waals surface area contributed by atoms with Crippen molar-refractivity contribution < 1.29 is 48.1 Å². The van der Waals surface area contributed by atoms with Crippen molar-refractivity contribution in [1.29, 1.82) is 0 Å². The van der Waals surface area contributed by atoms with Gasteiger partial charge in [0.15, 0.2) is 0 Å². The van der Waals surface area contributed by atoms with Gasteiger partial charge < -0.3 is 34.0 Å². The van der Waals surface area contributed by atoms with E-state index in [-0.39, 0.29) is 68.6 Å². The number of nitrogens with zero attached hydrogens (tertiary/aromatic N) is 3. The number of hydrogen-bond donors (Lipinski definition) is 2. The van der Waals surface area contributed by atoms with E-state index in [0.29, 0.717) is 54.9 Å². The third kappa shape index (κ3) is 11.2. The highest BCUT2D eigenvalue weighted by Gasteiger charge is 2.65. The molecule has 1 heterocycles. The summed E-state index contributed by atoms with van der Waals surface area (Å²) < 4.78 is 40.8. The highest BCUT2D eigenvalue weighted by molar-refractivity contribution is 6.03. The van der Waals surface area contributed by atoms with Crippen LogP contribution in [0, 0.1) is 33.7 Å². The third-order valence-electron chi connectivity index (χ3n) is 11.8. The lowest BCUT2D eigenvalue weighted by molar-refractivity contribution is -0.384. The highest BCUT2D eigenvalue weighted by Crippen LogP contribution is 2.62. The number of amides is 1. The molecule has 3 aliphatic rings. The van der Waals surface area contributed by atoms with Gasteiger partial charge in [0.25, 0.3) is 5.69 Å². The standard InChI is InChI=1S/C49H60FN3O10/c1-6-8-27-59-47(56)52(32-33-18-20-35(50)21-19-33)44-31-42(51-63-48(3,4)5)40-28-34(14-9-11-24-54)39(17-10-12-25-55)45-41-30-38(61-37-16-13-15-36(29-37)53(57)58)22-23-43(41)62-49(44,46(40)45)60-26-7-2/h6-7,13,15-16,18-23,28-30,34,39,44-46,54-55H,1-2,8-12,14,17,24-27,31-32H2,3-5H3. The molecule has 338 valence electrons. The van der Waals surface area contributed by atoms with Gasteiger partial charge in [-0.25, -0.2) is 9.18 Å². The van der Waals surface area contributed by atoms with E-state index in [2.05, 4.69) is 19.2 Å². The normalized spacial score (nSPS) is 23.0. The van der Waals surface area contributed by atoms with E-state index in [1.807, 2.05) is 26.8 Å². The van der Waals surface area contributed by atoms with Gasteiger partial charge in [-0.1, -0.05) is 54.4 Å². The molecule has 6 rings (SSSR count). The fourth-order valence-electron chi connectivity index (χ4n) is 9.10. The van der Waals surface area contributed by atoms with Crippen LogP contribution in [-0.2, 0) is 20.9 Å². The summed E-state index contributed by atoms with van der Waals surface area (Å²) in [6.45, 7) is 13.7. The van der Waals surface area contributed by atoms with Gasteiger partial charge in [0.2, 0.25) is 5.79 Å². The number of nitro benzene ring substituents is 1. The second-order valence-corrected chi connectivity index (χ2v) is 17.3. The summed E-state index contributed by atoms with van der Waals surface area (Å²) in [6.07, 6.45) is 9.59. The van der Waals surface area contributed by atoms with Crippen LogP contribution in [0.1, 0.15) is 89.2 Å². The number of ether oxygens (including phenoxy) is 4. The fraction of sp³-hybridized carbons (Fsp3) is 0.469. The molecule has 1 amide bonds. The maximum atomic E-state index is 14.6. The average Bonchev–Trinajstić information content (AvgIpc) is 3.26. The highest BCUT2D eigenvalue weighted by atomic mass is 19.1. The molecule has 13 nitrogen and oxygen atoms in total. The molecule has 1 saturated carbocycles. The predicted octanol–water partition coefficient (Wildman–Crippen LogP) is 10.2. The number of aliphatic hydroxyl groups is 2. The van der Waals surface area contributed by atoms with Crippen molar-refractivity contribution in [2.75, 3.05) is 26.4 Å². The SMILES string of the molecule is C=CCCOC(=O)N(Cc1ccc(F)cc1)C1CC(=NOC(C)(C)C)C2=CC(CCCCO)C(CCCCO)C3c4cc(Oc5cccc([N+](=O)[O-])c5)ccc4OC1(OCC=C)C23. The van der Waals surface area contributed by atoms with Crippen molar-refractivity contribution in [3.8, 4) is 17.2 Å². The number of fused-ring (bicyclic) bond motifs is 2. The number of unbranched alkanes of at least 4 members (excludes halogenated alkanes) is 2. The largest absolute Gasteiger partial charge is 0.459 e. The van der Waals surface area contributed by atoms with Crippen molar-refractivity contribution in [1.82, 2.24) is 4.90 Å². The monoisotopic (exact) mass is 869 g/mol. The molecule has 0 spiro atoms. The number of nitro groups is 1. The number of allylic oxidation sites excluding steroid dienone is 1. The van der Waals surface area contributed by atoms with Crippen LogP contribution in [0.2, 0.25) is 0 Å². The molecule has 0 aromatic heterocycles. The summed E-state index contributed by atoms with van der Waals surface area (Å²) in [5.41, 5.74) is 2.11. The van der Waals surface area contributed by atoms with E-state index < -0.39 is 40.2 Å². The smallest absolute Gasteiger partial charge is 0.410 e. The number of benzene rings is 3. The number of carbonyl (C=O) groups excluding carboxylic acids is 1. The van der Waals surface area contributed by atoms with Gasteiger partial charge in [0.1, 0.15) is 34.7 Å². The summed E-state index contributed by atoms with van der Waals surface area (Å²) in [7, 11) is 0. The molecule has 3 aromatic rings. The Labute approximate surface area is 369 Å². The summed E-state index contributed by atoms with van der Waals surface area (Å²) in [6, 6.07) is 16.5. The molecule has 0 bridgehead atoms. The molecule has 0 saturated heterocycles. The van der Waals surface area contributed by atoms with Crippen molar-refractivity contribution in [2.24, 2.45) is 22.9 Å². The number of hydrogen-bond acceptors (Lipinski definition) is 11. The van der Waals surface area contributed by atoms with E-state index in [4.69, 9.17) is 28.9 Å². The predicted molar refractivity (Wildman–Crippen MR) is 237 cm³/mol. The van der Waals surface area contributed by atoms with Crippen LogP contribution in [0.4, 0.5) is 14.9 Å². The number of aliphatic hydroxyl groups excluding tert-OH is 2. The third-order valence-corrected chi connectivity index (χ3v) is 11.8. The number of rotatable bonds is 21. The molecule has 1 fully saturated rings. The lowest BCUT2D eigenvalue weighted by Crippen LogP contribution is -2.70. The van der Waals surface area contributed by atoms with E-state index >= 15 is 0 Å². The van der Waals surface area contributed by atoms with Gasteiger partial charge in [-0.3, -0.25) is 15.0 Å². The van der Waals surface area contributed by atoms with Crippen LogP contribution in [0.25, 0.3) is 0 Å². The molecule has 6 atom stereocenters. The second-order valence-electron chi connectivity index (χ2n) is 17.3. The molecule has 14 heteroatoms. The minimum absolute atomic E-state index is 0.0107. The van der Waals surface area contributed by atoms with Crippen LogP contribution in [-0.4, -0.2) is 75.7 Å². The van der Waals surface area contributed by atoms with E-state index in [9.17, 15) is 29.5 Å². The fourth-order valence-corrected chi connectivity index (χ4v) is 9.10. The van der Waals surface area contributed by atoms with E-state index in [1.54, 1.807) is 53.5 Å². The Morgan fingerprint density at radius 1 is 1.02 bits per heavy atom. The lowest BCUT2D eigenvalue weighted by Gasteiger charge is -2.60. The first-order valence-corrected chi connectivity index (χ1v) is 21.8. The summed E-state index contributed by atoms with van der Waals surface area (Å²) in [5, 5.41) is 36.4. The zero-order chi connectivity index (χ0) is 45.1. The van der Waals surface area contributed by atoms with Gasteiger partial charge in [-0.2, -0.15) is 0 Å². The first-order chi connectivity index (χ1) is 30.3. The maximum absolute atomic E-state index is 14.6. The van der Waals surface area contributed by atoms with Gasteiger partial charge in [-0.15, -0.1) is 13.2 Å². The Hall–Kier alpha value is -5.57. The van der Waals surface area contributed by atoms with E-state index in [0.717, 1.165) is 24.0 Å². The Balaban J connectivity index is 1.62. The summed E-state index contributed by atoms with van der Waals surface area (Å²) >= 11 is 0. The number of oxime groups is 1. The van der Waals surface area contributed by atoms with Crippen LogP contribution in [0.15, 0.2) is 109 Å². The maximum Gasteiger partial charge on any atom is 0.410 e. The average molecular weight is 870 g/mol. The molecule has 2 N–H and O–H groups in total. The zero-order valence-electron chi connectivity index (χ0n) is 36.5. The Morgan fingerprint density at radius 2 is 1.75 bits per heavy atom. The Morgan fingerprint density at radius 3 is 2.43 bits per heavy atom. The molecular weight excluding hydrogens is 810 g/mol. The van der Waals surface area contributed by atoms with Crippen molar-refractivity contribution in [2.45, 2.75) is 102 Å². The quantitative estimate of drug-likeness (QED) is 0.0456. The first kappa shape index (κ1) is 46.9. The minimum Gasteiger partial charge on any atom is -0.459 e. The summed E-state index contributed by atoms with van der Waals surface area (Å²) in [5.74, 6) is -1.87. The van der Waals surface area contributed by atoms with Gasteiger partial charge >= 0.3 is 6.09 Å². The molecule has 6 unspecified atom stereocenters.